The molecule has 2 unspecified atom stereocenters. The van der Waals surface area contributed by atoms with Gasteiger partial charge >= 0.3 is 0 Å². The maximum atomic E-state index is 5.87. The average molecular weight is 271 g/mol. The largest absolute Gasteiger partial charge is 0.383 e. The first-order valence-corrected chi connectivity index (χ1v) is 8.07. The summed E-state index contributed by atoms with van der Waals surface area (Å²) in [7, 11) is 1.76. The normalized spacial score (nSPS) is 22.6. The fraction of sp³-hybridized carbons (Fsp3) is 1.00. The van der Waals surface area contributed by atoms with E-state index in [0.717, 1.165) is 26.3 Å². The maximum absolute atomic E-state index is 5.87. The van der Waals surface area contributed by atoms with E-state index in [2.05, 4.69) is 19.2 Å². The van der Waals surface area contributed by atoms with Gasteiger partial charge in [0.2, 0.25) is 0 Å². The van der Waals surface area contributed by atoms with E-state index < -0.39 is 0 Å². The lowest BCUT2D eigenvalue weighted by atomic mass is 9.75. The molecule has 0 amide bonds. The number of methoxy groups -OCH3 is 1. The Labute approximate surface area is 119 Å². The van der Waals surface area contributed by atoms with Gasteiger partial charge in [-0.2, -0.15) is 0 Å². The quantitative estimate of drug-likeness (QED) is 0.584. The Morgan fingerprint density at radius 3 is 2.79 bits per heavy atom. The van der Waals surface area contributed by atoms with Crippen LogP contribution in [0.4, 0.5) is 0 Å². The molecule has 0 aromatic heterocycles. The van der Waals surface area contributed by atoms with Gasteiger partial charge in [-0.25, -0.2) is 0 Å². The number of nitrogens with one attached hydrogen (secondary N) is 1. The van der Waals surface area contributed by atoms with Crippen molar-refractivity contribution >= 4 is 0 Å². The van der Waals surface area contributed by atoms with Gasteiger partial charge in [-0.3, -0.25) is 0 Å². The van der Waals surface area contributed by atoms with Crippen LogP contribution in [0.2, 0.25) is 0 Å². The number of rotatable bonds is 11. The maximum Gasteiger partial charge on any atom is 0.0587 e. The summed E-state index contributed by atoms with van der Waals surface area (Å²) in [5, 5.41) is 3.58. The molecular weight excluding hydrogens is 238 g/mol. The third kappa shape index (κ3) is 6.24. The van der Waals surface area contributed by atoms with Gasteiger partial charge in [0, 0.05) is 26.8 Å². The van der Waals surface area contributed by atoms with Crippen LogP contribution >= 0.6 is 0 Å². The van der Waals surface area contributed by atoms with E-state index in [1.54, 1.807) is 7.11 Å². The predicted molar refractivity (Wildman–Crippen MR) is 80.6 cm³/mol. The third-order valence-corrected chi connectivity index (χ3v) is 4.48. The van der Waals surface area contributed by atoms with Crippen LogP contribution in [0.5, 0.6) is 0 Å². The molecule has 1 aliphatic heterocycles. The van der Waals surface area contributed by atoms with Gasteiger partial charge in [0.05, 0.1) is 12.7 Å². The minimum Gasteiger partial charge on any atom is -0.383 e. The van der Waals surface area contributed by atoms with Crippen LogP contribution < -0.4 is 5.32 Å². The smallest absolute Gasteiger partial charge is 0.0587 e. The zero-order valence-corrected chi connectivity index (χ0v) is 13.2. The van der Waals surface area contributed by atoms with Crippen LogP contribution in [-0.4, -0.2) is 39.5 Å². The van der Waals surface area contributed by atoms with Crippen molar-refractivity contribution in [1.82, 2.24) is 5.32 Å². The third-order valence-electron chi connectivity index (χ3n) is 4.48. The summed E-state index contributed by atoms with van der Waals surface area (Å²) >= 11 is 0. The molecule has 2 atom stereocenters. The molecule has 0 aromatic carbocycles. The molecule has 3 heteroatoms. The molecule has 0 saturated carbocycles. The summed E-state index contributed by atoms with van der Waals surface area (Å²) in [5.41, 5.74) is 0.415. The average Bonchev–Trinajstić information content (AvgIpc) is 2.93. The van der Waals surface area contributed by atoms with Crippen molar-refractivity contribution < 1.29 is 9.47 Å². The summed E-state index contributed by atoms with van der Waals surface area (Å²) < 4.78 is 11.0. The van der Waals surface area contributed by atoms with Crippen molar-refractivity contribution in [3.8, 4) is 0 Å². The van der Waals surface area contributed by atoms with Crippen molar-refractivity contribution in [3.05, 3.63) is 0 Å². The molecule has 3 nitrogen and oxygen atoms in total. The lowest BCUT2D eigenvalue weighted by Gasteiger charge is -2.35. The molecule has 1 aliphatic rings. The van der Waals surface area contributed by atoms with Crippen LogP contribution in [-0.2, 0) is 9.47 Å². The molecule has 0 aliphatic carbocycles. The summed E-state index contributed by atoms with van der Waals surface area (Å²) in [4.78, 5) is 0. The van der Waals surface area contributed by atoms with Crippen LogP contribution in [0.15, 0.2) is 0 Å². The fourth-order valence-corrected chi connectivity index (χ4v) is 3.08. The Morgan fingerprint density at radius 1 is 1.37 bits per heavy atom. The number of unbranched alkanes of at least 4 members (excludes halogenated alkanes) is 1. The Balaban J connectivity index is 2.47. The predicted octanol–water partition coefficient (Wildman–Crippen LogP) is 3.38. The highest BCUT2D eigenvalue weighted by Crippen LogP contribution is 2.36. The molecule has 19 heavy (non-hydrogen) atoms. The fourth-order valence-electron chi connectivity index (χ4n) is 3.08. The van der Waals surface area contributed by atoms with Crippen LogP contribution in [0.3, 0.4) is 0 Å². The molecular formula is C16H33NO2. The lowest BCUT2D eigenvalue weighted by molar-refractivity contribution is 0.0524. The second kappa shape index (κ2) is 9.73. The summed E-state index contributed by atoms with van der Waals surface area (Å²) in [6.07, 6.45) is 9.40. The molecule has 0 bridgehead atoms. The van der Waals surface area contributed by atoms with E-state index in [4.69, 9.17) is 9.47 Å². The van der Waals surface area contributed by atoms with E-state index in [0.29, 0.717) is 11.5 Å². The van der Waals surface area contributed by atoms with Gasteiger partial charge in [-0.15, -0.1) is 0 Å². The standard InChI is InChI=1S/C16H33NO2/c1-4-6-9-16(5-2,14-17-10-12-18-3)13-15-8-7-11-19-15/h15,17H,4-14H2,1-3H3. The Morgan fingerprint density at radius 2 is 2.21 bits per heavy atom. The molecule has 114 valence electrons. The number of ether oxygens (including phenoxy) is 2. The van der Waals surface area contributed by atoms with Gasteiger partial charge in [-0.1, -0.05) is 26.7 Å². The molecule has 0 radical (unpaired) electrons. The van der Waals surface area contributed by atoms with Crippen LogP contribution in [0.25, 0.3) is 0 Å². The Kier molecular flexibility index (Phi) is 8.67. The van der Waals surface area contributed by atoms with Crippen LogP contribution in [0, 0.1) is 5.41 Å². The Hall–Kier alpha value is -0.120. The second-order valence-corrected chi connectivity index (χ2v) is 5.97. The monoisotopic (exact) mass is 271 g/mol. The topological polar surface area (TPSA) is 30.5 Å². The van der Waals surface area contributed by atoms with Gasteiger partial charge in [0.25, 0.3) is 0 Å². The van der Waals surface area contributed by atoms with Crippen molar-refractivity contribution in [3.63, 3.8) is 0 Å². The van der Waals surface area contributed by atoms with E-state index in [1.807, 2.05) is 0 Å². The number of hydrogen-bond acceptors (Lipinski definition) is 3. The van der Waals surface area contributed by atoms with Gasteiger partial charge < -0.3 is 14.8 Å². The molecule has 0 spiro atoms. The van der Waals surface area contributed by atoms with Crippen molar-refractivity contribution in [2.45, 2.75) is 64.9 Å². The van der Waals surface area contributed by atoms with E-state index in [9.17, 15) is 0 Å². The molecule has 1 N–H and O–H groups in total. The van der Waals surface area contributed by atoms with E-state index in [-0.39, 0.29) is 0 Å². The van der Waals surface area contributed by atoms with Crippen LogP contribution in [0.1, 0.15) is 58.8 Å². The summed E-state index contributed by atoms with van der Waals surface area (Å²) in [6, 6.07) is 0. The zero-order chi connectivity index (χ0) is 14.0. The second-order valence-electron chi connectivity index (χ2n) is 5.97. The van der Waals surface area contributed by atoms with Crippen molar-refractivity contribution in [1.29, 1.82) is 0 Å². The lowest BCUT2D eigenvalue weighted by Crippen LogP contribution is -2.38. The summed E-state index contributed by atoms with van der Waals surface area (Å²) in [6.45, 7) is 8.44. The van der Waals surface area contributed by atoms with Crippen molar-refractivity contribution in [2.75, 3.05) is 33.4 Å². The minimum atomic E-state index is 0.415. The molecule has 1 heterocycles. The highest BCUT2D eigenvalue weighted by atomic mass is 16.5. The van der Waals surface area contributed by atoms with Gasteiger partial charge in [0.1, 0.15) is 0 Å². The molecule has 1 saturated heterocycles. The van der Waals surface area contributed by atoms with E-state index in [1.165, 1.54) is 44.9 Å². The van der Waals surface area contributed by atoms with Gasteiger partial charge in [0.15, 0.2) is 0 Å². The molecule has 1 rings (SSSR count). The molecule has 0 aromatic rings. The number of hydrogen-bond donors (Lipinski definition) is 1. The SMILES string of the molecule is CCCCC(CC)(CNCCOC)CC1CCCO1. The zero-order valence-electron chi connectivity index (χ0n) is 13.2. The Bertz CT molecular complexity index is 217. The minimum absolute atomic E-state index is 0.415. The first kappa shape index (κ1) is 16.9. The highest BCUT2D eigenvalue weighted by molar-refractivity contribution is 4.85. The van der Waals surface area contributed by atoms with Gasteiger partial charge in [-0.05, 0) is 37.5 Å². The summed E-state index contributed by atoms with van der Waals surface area (Å²) in [5.74, 6) is 0. The first-order valence-electron chi connectivity index (χ1n) is 8.07. The van der Waals surface area contributed by atoms with Crippen molar-refractivity contribution in [2.24, 2.45) is 5.41 Å². The van der Waals surface area contributed by atoms with E-state index >= 15 is 0 Å². The highest BCUT2D eigenvalue weighted by Gasteiger charge is 2.32. The first-order chi connectivity index (χ1) is 9.26. The molecule has 1 fully saturated rings.